The minimum atomic E-state index is -4.34. The molecule has 0 fully saturated rings. The maximum Gasteiger partial charge on any atom is 0.411 e. The van der Waals surface area contributed by atoms with Gasteiger partial charge in [0, 0.05) is 13.0 Å². The van der Waals surface area contributed by atoms with Crippen LogP contribution in [0.25, 0.3) is 0 Å². The highest BCUT2D eigenvalue weighted by atomic mass is 19.4. The fourth-order valence-electron chi connectivity index (χ4n) is 2.05. The molecule has 0 bridgehead atoms. The number of ether oxygens (including phenoxy) is 2. The second-order valence-electron chi connectivity index (χ2n) is 4.66. The molecular weight excluding hydrogens is 273 g/mol. The van der Waals surface area contributed by atoms with Crippen LogP contribution in [0.15, 0.2) is 12.1 Å². The van der Waals surface area contributed by atoms with Gasteiger partial charge in [-0.15, -0.1) is 0 Å². The first-order valence-electron chi connectivity index (χ1n) is 6.22. The van der Waals surface area contributed by atoms with E-state index >= 15 is 0 Å². The first-order chi connectivity index (χ1) is 9.24. The van der Waals surface area contributed by atoms with E-state index in [-0.39, 0.29) is 13.0 Å². The number of methoxy groups -OCH3 is 1. The number of halogens is 3. The van der Waals surface area contributed by atoms with Gasteiger partial charge in [0.1, 0.15) is 12.4 Å². The van der Waals surface area contributed by atoms with Crippen LogP contribution in [0.3, 0.4) is 0 Å². The van der Waals surface area contributed by atoms with Crippen LogP contribution in [0.5, 0.6) is 5.75 Å². The molecule has 3 nitrogen and oxygen atoms in total. The van der Waals surface area contributed by atoms with E-state index < -0.39 is 18.9 Å². The molecule has 0 aromatic heterocycles. The Morgan fingerprint density at radius 2 is 1.75 bits per heavy atom. The average Bonchev–Trinajstić information content (AvgIpc) is 2.32. The lowest BCUT2D eigenvalue weighted by Crippen LogP contribution is -2.18. The van der Waals surface area contributed by atoms with Crippen LogP contribution in [0.4, 0.5) is 13.2 Å². The monoisotopic (exact) mass is 292 g/mol. The minimum absolute atomic E-state index is 0.112. The molecular formula is C14H19F3O3. The Hall–Kier alpha value is -1.27. The molecule has 0 heterocycles. The van der Waals surface area contributed by atoms with E-state index in [0.29, 0.717) is 5.56 Å². The molecule has 1 rings (SSSR count). The SMILES string of the molecule is COc1c(C)cc(C(O)CCOCC(F)(F)F)cc1C. The first kappa shape index (κ1) is 16.8. The maximum absolute atomic E-state index is 11.9. The number of hydrogen-bond acceptors (Lipinski definition) is 3. The lowest BCUT2D eigenvalue weighted by molar-refractivity contribution is -0.175. The first-order valence-corrected chi connectivity index (χ1v) is 6.22. The van der Waals surface area contributed by atoms with Gasteiger partial charge >= 0.3 is 6.18 Å². The zero-order valence-corrected chi connectivity index (χ0v) is 11.8. The van der Waals surface area contributed by atoms with Crippen molar-refractivity contribution in [2.45, 2.75) is 32.5 Å². The molecule has 0 saturated carbocycles. The van der Waals surface area contributed by atoms with Gasteiger partial charge in [-0.25, -0.2) is 0 Å². The number of aryl methyl sites for hydroxylation is 2. The molecule has 0 aliphatic carbocycles. The lowest BCUT2D eigenvalue weighted by atomic mass is 10.0. The number of benzene rings is 1. The predicted molar refractivity (Wildman–Crippen MR) is 68.9 cm³/mol. The molecule has 0 aliphatic heterocycles. The van der Waals surface area contributed by atoms with Crippen molar-refractivity contribution < 1.29 is 27.8 Å². The van der Waals surface area contributed by atoms with Crippen LogP contribution in [0, 0.1) is 13.8 Å². The number of hydrogen-bond donors (Lipinski definition) is 1. The van der Waals surface area contributed by atoms with Crippen molar-refractivity contribution >= 4 is 0 Å². The van der Waals surface area contributed by atoms with Crippen LogP contribution in [0.1, 0.15) is 29.2 Å². The van der Waals surface area contributed by atoms with E-state index in [1.165, 1.54) is 0 Å². The fourth-order valence-corrected chi connectivity index (χ4v) is 2.05. The third-order valence-electron chi connectivity index (χ3n) is 2.87. The summed E-state index contributed by atoms with van der Waals surface area (Å²) in [6.07, 6.45) is -5.08. The maximum atomic E-state index is 11.9. The quantitative estimate of drug-likeness (QED) is 0.818. The fraction of sp³-hybridized carbons (Fsp3) is 0.571. The molecule has 0 saturated heterocycles. The number of aliphatic hydroxyl groups is 1. The summed E-state index contributed by atoms with van der Waals surface area (Å²) in [6.45, 7) is 2.26. The van der Waals surface area contributed by atoms with E-state index in [2.05, 4.69) is 4.74 Å². The van der Waals surface area contributed by atoms with Gasteiger partial charge < -0.3 is 14.6 Å². The number of aliphatic hydroxyl groups excluding tert-OH is 1. The molecule has 0 amide bonds. The molecule has 20 heavy (non-hydrogen) atoms. The lowest BCUT2D eigenvalue weighted by Gasteiger charge is -2.16. The Labute approximate surface area is 116 Å². The molecule has 114 valence electrons. The van der Waals surface area contributed by atoms with E-state index in [1.54, 1.807) is 19.2 Å². The van der Waals surface area contributed by atoms with E-state index in [9.17, 15) is 18.3 Å². The topological polar surface area (TPSA) is 38.7 Å². The molecule has 1 atom stereocenters. The molecule has 1 unspecified atom stereocenters. The van der Waals surface area contributed by atoms with Crippen molar-refractivity contribution in [3.8, 4) is 5.75 Å². The molecule has 6 heteroatoms. The Balaban J connectivity index is 2.58. The van der Waals surface area contributed by atoms with Crippen molar-refractivity contribution in [1.29, 1.82) is 0 Å². The van der Waals surface area contributed by atoms with Gasteiger partial charge in [-0.05, 0) is 42.7 Å². The van der Waals surface area contributed by atoms with Gasteiger partial charge in [-0.2, -0.15) is 13.2 Å². The molecule has 0 spiro atoms. The van der Waals surface area contributed by atoms with Crippen LogP contribution in [-0.4, -0.2) is 31.6 Å². The second kappa shape index (κ2) is 6.95. The number of rotatable bonds is 6. The van der Waals surface area contributed by atoms with Crippen molar-refractivity contribution in [2.75, 3.05) is 20.3 Å². The summed E-state index contributed by atoms with van der Waals surface area (Å²) in [5.74, 6) is 0.745. The van der Waals surface area contributed by atoms with E-state index in [4.69, 9.17) is 4.74 Å². The van der Waals surface area contributed by atoms with Gasteiger partial charge in [0.25, 0.3) is 0 Å². The third-order valence-corrected chi connectivity index (χ3v) is 2.87. The normalized spacial score (nSPS) is 13.3. The van der Waals surface area contributed by atoms with Crippen molar-refractivity contribution in [1.82, 2.24) is 0 Å². The zero-order valence-electron chi connectivity index (χ0n) is 11.8. The van der Waals surface area contributed by atoms with Crippen LogP contribution in [0.2, 0.25) is 0 Å². The highest BCUT2D eigenvalue weighted by Crippen LogP contribution is 2.28. The van der Waals surface area contributed by atoms with Crippen LogP contribution >= 0.6 is 0 Å². The third kappa shape index (κ3) is 5.02. The largest absolute Gasteiger partial charge is 0.496 e. The summed E-state index contributed by atoms with van der Waals surface area (Å²) in [4.78, 5) is 0. The summed E-state index contributed by atoms with van der Waals surface area (Å²) >= 11 is 0. The summed E-state index contributed by atoms with van der Waals surface area (Å²) < 4.78 is 45.4. The van der Waals surface area contributed by atoms with E-state index in [1.807, 2.05) is 13.8 Å². The minimum Gasteiger partial charge on any atom is -0.496 e. The van der Waals surface area contributed by atoms with E-state index in [0.717, 1.165) is 16.9 Å². The van der Waals surface area contributed by atoms with Gasteiger partial charge in [0.2, 0.25) is 0 Å². The average molecular weight is 292 g/mol. The Kier molecular flexibility index (Phi) is 5.83. The molecule has 1 aromatic carbocycles. The summed E-state index contributed by atoms with van der Waals surface area (Å²) in [6, 6.07) is 3.53. The van der Waals surface area contributed by atoms with Crippen molar-refractivity contribution in [2.24, 2.45) is 0 Å². The standard InChI is InChI=1S/C14H19F3O3/c1-9-6-11(7-10(2)13(9)19-3)12(18)4-5-20-8-14(15,16)17/h6-7,12,18H,4-5,8H2,1-3H3. The molecule has 1 aromatic rings. The van der Waals surface area contributed by atoms with Crippen molar-refractivity contribution in [3.05, 3.63) is 28.8 Å². The van der Waals surface area contributed by atoms with Crippen molar-refractivity contribution in [3.63, 3.8) is 0 Å². The second-order valence-corrected chi connectivity index (χ2v) is 4.66. The van der Waals surface area contributed by atoms with Gasteiger partial charge in [0.15, 0.2) is 0 Å². The highest BCUT2D eigenvalue weighted by molar-refractivity contribution is 5.43. The summed E-state index contributed by atoms with van der Waals surface area (Å²) in [5, 5.41) is 9.96. The number of alkyl halides is 3. The zero-order chi connectivity index (χ0) is 15.3. The van der Waals surface area contributed by atoms with Crippen LogP contribution in [-0.2, 0) is 4.74 Å². The van der Waals surface area contributed by atoms with Crippen LogP contribution < -0.4 is 4.74 Å². The van der Waals surface area contributed by atoms with Gasteiger partial charge in [-0.1, -0.05) is 0 Å². The predicted octanol–water partition coefficient (Wildman–Crippen LogP) is 3.31. The summed E-state index contributed by atoms with van der Waals surface area (Å²) in [5.41, 5.74) is 2.40. The smallest absolute Gasteiger partial charge is 0.411 e. The van der Waals surface area contributed by atoms with Gasteiger partial charge in [-0.3, -0.25) is 0 Å². The molecule has 1 N–H and O–H groups in total. The molecule has 0 radical (unpaired) electrons. The summed E-state index contributed by atoms with van der Waals surface area (Å²) in [7, 11) is 1.57. The molecule has 0 aliphatic rings. The Morgan fingerprint density at radius 1 is 1.20 bits per heavy atom. The Morgan fingerprint density at radius 3 is 2.20 bits per heavy atom. The Bertz CT molecular complexity index is 421. The van der Waals surface area contributed by atoms with Gasteiger partial charge in [0.05, 0.1) is 13.2 Å². The highest BCUT2D eigenvalue weighted by Gasteiger charge is 2.27.